The van der Waals surface area contributed by atoms with Gasteiger partial charge in [-0.25, -0.2) is 0 Å². The molecule has 0 heterocycles. The van der Waals surface area contributed by atoms with Crippen LogP contribution in [0.3, 0.4) is 0 Å². The van der Waals surface area contributed by atoms with Crippen LogP contribution in [-0.2, 0) is 4.79 Å². The predicted molar refractivity (Wildman–Crippen MR) is 90.4 cm³/mol. The van der Waals surface area contributed by atoms with Gasteiger partial charge in [0.1, 0.15) is 0 Å². The first-order valence-corrected chi connectivity index (χ1v) is 8.23. The molecule has 0 radical (unpaired) electrons. The van der Waals surface area contributed by atoms with Crippen molar-refractivity contribution in [3.63, 3.8) is 0 Å². The van der Waals surface area contributed by atoms with Crippen molar-refractivity contribution in [3.05, 3.63) is 35.9 Å². The molecular weight excluding hydrogens is 274 g/mol. The third-order valence-corrected chi connectivity index (χ3v) is 4.46. The van der Waals surface area contributed by atoms with Gasteiger partial charge in [0.05, 0.1) is 0 Å². The summed E-state index contributed by atoms with van der Waals surface area (Å²) in [7, 11) is 0. The van der Waals surface area contributed by atoms with Gasteiger partial charge in [0, 0.05) is 30.1 Å². The van der Waals surface area contributed by atoms with E-state index in [0.29, 0.717) is 6.54 Å². The van der Waals surface area contributed by atoms with Crippen LogP contribution in [0.25, 0.3) is 0 Å². The zero-order valence-corrected chi connectivity index (χ0v) is 13.9. The Morgan fingerprint density at radius 1 is 1.32 bits per heavy atom. The summed E-state index contributed by atoms with van der Waals surface area (Å²) in [4.78, 5) is 12.2. The average Bonchev–Trinajstić information content (AvgIpc) is 2.92. The maximum absolute atomic E-state index is 12.2. The van der Waals surface area contributed by atoms with Crippen LogP contribution < -0.4 is 16.4 Å². The van der Waals surface area contributed by atoms with Crippen LogP contribution in [0.1, 0.15) is 51.6 Å². The summed E-state index contributed by atoms with van der Waals surface area (Å²) >= 11 is 0. The number of benzene rings is 1. The Bertz CT molecular complexity index is 486. The molecule has 0 aliphatic heterocycles. The summed E-state index contributed by atoms with van der Waals surface area (Å²) in [5.41, 5.74) is 6.98. The second-order valence-corrected chi connectivity index (χ2v) is 7.15. The summed E-state index contributed by atoms with van der Waals surface area (Å²) in [5, 5.41) is 6.67. The second kappa shape index (κ2) is 7.25. The minimum absolute atomic E-state index is 0.0948. The number of carbonyl (C=O) groups excluding carboxylic acids is 1. The average molecular weight is 303 g/mol. The molecule has 4 heteroatoms. The summed E-state index contributed by atoms with van der Waals surface area (Å²) in [6.45, 7) is 7.00. The molecule has 1 aliphatic carbocycles. The number of rotatable bonds is 6. The van der Waals surface area contributed by atoms with Crippen molar-refractivity contribution in [3.8, 4) is 0 Å². The third kappa shape index (κ3) is 4.82. The number of amides is 1. The molecule has 0 spiro atoms. The number of nitrogens with one attached hydrogen (secondary N) is 2. The highest BCUT2D eigenvalue weighted by Gasteiger charge is 2.29. The van der Waals surface area contributed by atoms with E-state index in [2.05, 4.69) is 43.5 Å². The number of hydrogen-bond donors (Lipinski definition) is 3. The van der Waals surface area contributed by atoms with E-state index in [-0.39, 0.29) is 29.4 Å². The number of hydrogen-bond acceptors (Lipinski definition) is 3. The molecule has 1 saturated carbocycles. The maximum atomic E-state index is 12.2. The van der Waals surface area contributed by atoms with E-state index in [1.807, 2.05) is 18.2 Å². The van der Waals surface area contributed by atoms with Crippen LogP contribution in [-0.4, -0.2) is 24.0 Å². The molecule has 1 aliphatic rings. The van der Waals surface area contributed by atoms with Crippen LogP contribution in [0.4, 0.5) is 0 Å². The van der Waals surface area contributed by atoms with E-state index in [4.69, 9.17) is 5.73 Å². The minimum atomic E-state index is -0.161. The van der Waals surface area contributed by atoms with Crippen molar-refractivity contribution in [2.75, 3.05) is 6.54 Å². The van der Waals surface area contributed by atoms with Crippen molar-refractivity contribution in [2.45, 2.75) is 57.7 Å². The van der Waals surface area contributed by atoms with Gasteiger partial charge < -0.3 is 16.4 Å². The van der Waals surface area contributed by atoms with Gasteiger partial charge in [-0.1, -0.05) is 30.3 Å². The van der Waals surface area contributed by atoms with Crippen LogP contribution in [0, 0.1) is 5.92 Å². The Morgan fingerprint density at radius 2 is 2.00 bits per heavy atom. The van der Waals surface area contributed by atoms with E-state index in [1.54, 1.807) is 0 Å². The van der Waals surface area contributed by atoms with Crippen molar-refractivity contribution in [2.24, 2.45) is 11.7 Å². The van der Waals surface area contributed by atoms with Gasteiger partial charge in [-0.05, 0) is 45.6 Å². The normalized spacial score (nSPS) is 23.3. The lowest BCUT2D eigenvalue weighted by Crippen LogP contribution is -2.50. The predicted octanol–water partition coefficient (Wildman–Crippen LogP) is 2.36. The number of nitrogens with two attached hydrogens (primary N) is 1. The fourth-order valence-electron chi connectivity index (χ4n) is 3.17. The molecule has 0 saturated heterocycles. The fourth-order valence-corrected chi connectivity index (χ4v) is 3.17. The van der Waals surface area contributed by atoms with Gasteiger partial charge in [0.2, 0.25) is 5.91 Å². The van der Waals surface area contributed by atoms with E-state index in [9.17, 15) is 4.79 Å². The highest BCUT2D eigenvalue weighted by atomic mass is 16.1. The molecule has 3 unspecified atom stereocenters. The second-order valence-electron chi connectivity index (χ2n) is 7.15. The Morgan fingerprint density at radius 3 is 2.59 bits per heavy atom. The smallest absolute Gasteiger partial charge is 0.223 e. The maximum Gasteiger partial charge on any atom is 0.223 e. The Hall–Kier alpha value is -1.39. The van der Waals surface area contributed by atoms with Gasteiger partial charge in [-0.3, -0.25) is 4.79 Å². The van der Waals surface area contributed by atoms with Gasteiger partial charge in [-0.2, -0.15) is 0 Å². The molecule has 1 fully saturated rings. The van der Waals surface area contributed by atoms with E-state index >= 15 is 0 Å². The number of carbonyl (C=O) groups is 1. The van der Waals surface area contributed by atoms with Crippen molar-refractivity contribution < 1.29 is 4.79 Å². The molecule has 1 amide bonds. The summed E-state index contributed by atoms with van der Waals surface area (Å²) in [6, 6.07) is 10.8. The third-order valence-electron chi connectivity index (χ3n) is 4.46. The van der Waals surface area contributed by atoms with Crippen LogP contribution in [0.5, 0.6) is 0 Å². The highest BCUT2D eigenvalue weighted by molar-refractivity contribution is 5.79. The first-order chi connectivity index (χ1) is 10.4. The molecule has 4 nitrogen and oxygen atoms in total. The van der Waals surface area contributed by atoms with Crippen LogP contribution in [0.15, 0.2) is 30.3 Å². The molecule has 3 atom stereocenters. The molecule has 22 heavy (non-hydrogen) atoms. The quantitative estimate of drug-likeness (QED) is 0.756. The van der Waals surface area contributed by atoms with E-state index in [1.165, 1.54) is 5.56 Å². The van der Waals surface area contributed by atoms with Gasteiger partial charge in [0.25, 0.3) is 0 Å². The lowest BCUT2D eigenvalue weighted by atomic mass is 10.00. The van der Waals surface area contributed by atoms with E-state index < -0.39 is 0 Å². The van der Waals surface area contributed by atoms with Crippen molar-refractivity contribution in [1.29, 1.82) is 0 Å². The molecule has 0 aromatic heterocycles. The molecule has 2 rings (SSSR count). The molecule has 0 bridgehead atoms. The zero-order chi connectivity index (χ0) is 16.2. The lowest BCUT2D eigenvalue weighted by Gasteiger charge is -2.31. The van der Waals surface area contributed by atoms with Crippen LogP contribution in [0.2, 0.25) is 0 Å². The van der Waals surface area contributed by atoms with Gasteiger partial charge in [-0.15, -0.1) is 0 Å². The molecule has 1 aromatic rings. The lowest BCUT2D eigenvalue weighted by molar-refractivity contribution is -0.125. The van der Waals surface area contributed by atoms with E-state index in [0.717, 1.165) is 19.3 Å². The first-order valence-electron chi connectivity index (χ1n) is 8.23. The highest BCUT2D eigenvalue weighted by Crippen LogP contribution is 2.24. The van der Waals surface area contributed by atoms with Crippen molar-refractivity contribution in [1.82, 2.24) is 10.6 Å². The monoisotopic (exact) mass is 303 g/mol. The first kappa shape index (κ1) is 17.0. The molecule has 122 valence electrons. The molecule has 4 N–H and O–H groups in total. The topological polar surface area (TPSA) is 67.1 Å². The Labute approximate surface area is 133 Å². The van der Waals surface area contributed by atoms with Crippen molar-refractivity contribution >= 4 is 5.91 Å². The van der Waals surface area contributed by atoms with Crippen LogP contribution >= 0.6 is 0 Å². The molecule has 1 aromatic carbocycles. The SMILES string of the molecule is CC(NC(C)(C)CNC(=O)C1CCC(N)C1)c1ccccc1. The summed E-state index contributed by atoms with van der Waals surface area (Å²) in [5.74, 6) is 0.243. The molecular formula is C18H29N3O. The summed E-state index contributed by atoms with van der Waals surface area (Å²) < 4.78 is 0. The van der Waals surface area contributed by atoms with Gasteiger partial charge in [0.15, 0.2) is 0 Å². The summed E-state index contributed by atoms with van der Waals surface area (Å²) in [6.07, 6.45) is 2.70. The fraction of sp³-hybridized carbons (Fsp3) is 0.611. The largest absolute Gasteiger partial charge is 0.354 e. The van der Waals surface area contributed by atoms with Gasteiger partial charge >= 0.3 is 0 Å². The minimum Gasteiger partial charge on any atom is -0.354 e. The standard InChI is InChI=1S/C18H29N3O/c1-13(14-7-5-4-6-8-14)21-18(2,3)12-20-17(22)15-9-10-16(19)11-15/h4-8,13,15-16,21H,9-12,19H2,1-3H3,(H,20,22). The Kier molecular flexibility index (Phi) is 5.59. The Balaban J connectivity index is 1.82. The zero-order valence-electron chi connectivity index (χ0n) is 13.9.